The highest BCUT2D eigenvalue weighted by molar-refractivity contribution is 6.31. The van der Waals surface area contributed by atoms with Crippen molar-refractivity contribution in [1.29, 1.82) is 0 Å². The average molecular weight is 308 g/mol. The second-order valence-corrected chi connectivity index (χ2v) is 4.75. The van der Waals surface area contributed by atoms with Gasteiger partial charge in [0.05, 0.1) is 7.11 Å². The van der Waals surface area contributed by atoms with Gasteiger partial charge in [-0.05, 0) is 18.1 Å². The van der Waals surface area contributed by atoms with Gasteiger partial charge in [0, 0.05) is 18.1 Å². The SMILES string of the molecule is CCCNc1nc(NCc2ccccc2Cl)nc(OC)n1. The molecule has 0 amide bonds. The van der Waals surface area contributed by atoms with Crippen LogP contribution in [0.3, 0.4) is 0 Å². The molecule has 0 aliphatic heterocycles. The molecule has 0 saturated heterocycles. The molecule has 0 saturated carbocycles. The summed E-state index contributed by atoms with van der Waals surface area (Å²) in [5.74, 6) is 0.936. The number of halogens is 1. The fourth-order valence-corrected chi connectivity index (χ4v) is 1.86. The zero-order valence-corrected chi connectivity index (χ0v) is 12.8. The lowest BCUT2D eigenvalue weighted by atomic mass is 10.2. The van der Waals surface area contributed by atoms with Crippen LogP contribution in [0.4, 0.5) is 11.9 Å². The highest BCUT2D eigenvalue weighted by Crippen LogP contribution is 2.17. The van der Waals surface area contributed by atoms with Crippen LogP contribution in [0.2, 0.25) is 5.02 Å². The van der Waals surface area contributed by atoms with Crippen molar-refractivity contribution >= 4 is 23.5 Å². The number of nitrogens with one attached hydrogen (secondary N) is 2. The summed E-state index contributed by atoms with van der Waals surface area (Å²) < 4.78 is 5.08. The predicted molar refractivity (Wildman–Crippen MR) is 83.9 cm³/mol. The van der Waals surface area contributed by atoms with Crippen LogP contribution in [-0.4, -0.2) is 28.6 Å². The van der Waals surface area contributed by atoms with Gasteiger partial charge >= 0.3 is 6.01 Å². The first-order chi connectivity index (χ1) is 10.2. The third kappa shape index (κ3) is 4.46. The maximum absolute atomic E-state index is 6.12. The van der Waals surface area contributed by atoms with Crippen molar-refractivity contribution in [1.82, 2.24) is 15.0 Å². The third-order valence-corrected chi connectivity index (χ3v) is 3.09. The van der Waals surface area contributed by atoms with Gasteiger partial charge in [-0.25, -0.2) is 0 Å². The molecule has 2 rings (SSSR count). The molecule has 2 N–H and O–H groups in total. The van der Waals surface area contributed by atoms with Gasteiger partial charge in [0.25, 0.3) is 0 Å². The van der Waals surface area contributed by atoms with Gasteiger partial charge in [-0.2, -0.15) is 15.0 Å². The van der Waals surface area contributed by atoms with E-state index in [0.717, 1.165) is 18.5 Å². The maximum atomic E-state index is 6.12. The number of aromatic nitrogens is 3. The lowest BCUT2D eigenvalue weighted by Gasteiger charge is -2.09. The molecule has 112 valence electrons. The van der Waals surface area contributed by atoms with E-state index in [2.05, 4.69) is 32.5 Å². The van der Waals surface area contributed by atoms with E-state index in [1.807, 2.05) is 24.3 Å². The summed E-state index contributed by atoms with van der Waals surface area (Å²) in [7, 11) is 1.52. The largest absolute Gasteiger partial charge is 0.467 e. The van der Waals surface area contributed by atoms with E-state index in [-0.39, 0.29) is 6.01 Å². The Balaban J connectivity index is 2.09. The molecule has 1 aromatic carbocycles. The second kappa shape index (κ2) is 7.64. The van der Waals surface area contributed by atoms with Crippen molar-refractivity contribution < 1.29 is 4.74 Å². The van der Waals surface area contributed by atoms with Gasteiger partial charge in [-0.1, -0.05) is 36.7 Å². The molecular formula is C14H18ClN5O. The molecule has 1 heterocycles. The van der Waals surface area contributed by atoms with Crippen LogP contribution in [0.1, 0.15) is 18.9 Å². The number of nitrogens with zero attached hydrogens (tertiary/aromatic N) is 3. The van der Waals surface area contributed by atoms with Crippen molar-refractivity contribution in [2.75, 3.05) is 24.3 Å². The molecule has 2 aromatic rings. The minimum absolute atomic E-state index is 0.269. The number of ether oxygens (including phenoxy) is 1. The number of hydrogen-bond donors (Lipinski definition) is 2. The van der Waals surface area contributed by atoms with Crippen LogP contribution in [-0.2, 0) is 6.54 Å². The first-order valence-corrected chi connectivity index (χ1v) is 7.12. The van der Waals surface area contributed by atoms with Crippen LogP contribution in [0.15, 0.2) is 24.3 Å². The van der Waals surface area contributed by atoms with Crippen molar-refractivity contribution in [2.45, 2.75) is 19.9 Å². The summed E-state index contributed by atoms with van der Waals surface area (Å²) in [5.41, 5.74) is 0.974. The number of benzene rings is 1. The molecule has 6 nitrogen and oxygen atoms in total. The molecule has 0 spiro atoms. The van der Waals surface area contributed by atoms with E-state index in [1.54, 1.807) is 0 Å². The predicted octanol–water partition coefficient (Wildman–Crippen LogP) is 2.97. The van der Waals surface area contributed by atoms with Crippen LogP contribution < -0.4 is 15.4 Å². The average Bonchev–Trinajstić information content (AvgIpc) is 2.52. The molecule has 7 heteroatoms. The van der Waals surface area contributed by atoms with Crippen LogP contribution >= 0.6 is 11.6 Å². The summed E-state index contributed by atoms with van der Waals surface area (Å²) >= 11 is 6.12. The number of anilines is 2. The lowest BCUT2D eigenvalue weighted by molar-refractivity contribution is 0.379. The molecule has 0 aliphatic rings. The maximum Gasteiger partial charge on any atom is 0.322 e. The summed E-state index contributed by atoms with van der Waals surface area (Å²) in [6.45, 7) is 3.39. The number of methoxy groups -OCH3 is 1. The van der Waals surface area contributed by atoms with Crippen LogP contribution in [0.5, 0.6) is 6.01 Å². The Morgan fingerprint density at radius 1 is 1.10 bits per heavy atom. The Labute approximate surface area is 128 Å². The Kier molecular flexibility index (Phi) is 5.57. The van der Waals surface area contributed by atoms with Gasteiger partial charge in [-0.15, -0.1) is 0 Å². The second-order valence-electron chi connectivity index (χ2n) is 4.34. The van der Waals surface area contributed by atoms with E-state index >= 15 is 0 Å². The molecule has 0 unspecified atom stereocenters. The Morgan fingerprint density at radius 2 is 1.81 bits per heavy atom. The molecule has 0 bridgehead atoms. The fourth-order valence-electron chi connectivity index (χ4n) is 1.66. The summed E-state index contributed by atoms with van der Waals surface area (Å²) in [4.78, 5) is 12.6. The van der Waals surface area contributed by atoms with Crippen molar-refractivity contribution in [3.63, 3.8) is 0 Å². The smallest absolute Gasteiger partial charge is 0.322 e. The summed E-state index contributed by atoms with van der Waals surface area (Å²) in [6, 6.07) is 7.89. The van der Waals surface area contributed by atoms with E-state index in [1.165, 1.54) is 7.11 Å². The van der Waals surface area contributed by atoms with E-state index < -0.39 is 0 Å². The van der Waals surface area contributed by atoms with Gasteiger partial charge in [0.1, 0.15) is 0 Å². The molecule has 1 aromatic heterocycles. The van der Waals surface area contributed by atoms with Gasteiger partial charge < -0.3 is 15.4 Å². The third-order valence-electron chi connectivity index (χ3n) is 2.73. The lowest BCUT2D eigenvalue weighted by Crippen LogP contribution is -2.10. The van der Waals surface area contributed by atoms with Gasteiger partial charge in [-0.3, -0.25) is 0 Å². The number of hydrogen-bond acceptors (Lipinski definition) is 6. The van der Waals surface area contributed by atoms with E-state index in [9.17, 15) is 0 Å². The fraction of sp³-hybridized carbons (Fsp3) is 0.357. The first-order valence-electron chi connectivity index (χ1n) is 6.74. The van der Waals surface area contributed by atoms with Crippen molar-refractivity contribution in [3.05, 3.63) is 34.9 Å². The molecular weight excluding hydrogens is 290 g/mol. The Morgan fingerprint density at radius 3 is 2.48 bits per heavy atom. The minimum Gasteiger partial charge on any atom is -0.467 e. The highest BCUT2D eigenvalue weighted by Gasteiger charge is 2.07. The zero-order valence-electron chi connectivity index (χ0n) is 12.1. The molecule has 0 atom stereocenters. The highest BCUT2D eigenvalue weighted by atomic mass is 35.5. The standard InChI is InChI=1S/C14H18ClN5O/c1-3-8-16-12-18-13(20-14(19-12)21-2)17-9-10-6-4-5-7-11(10)15/h4-7H,3,8-9H2,1-2H3,(H2,16,17,18,19,20). The summed E-state index contributed by atoms with van der Waals surface area (Å²) in [6.07, 6.45) is 0.983. The first kappa shape index (κ1) is 15.3. The van der Waals surface area contributed by atoms with Gasteiger partial charge in [0.15, 0.2) is 0 Å². The minimum atomic E-state index is 0.269. The van der Waals surface area contributed by atoms with E-state index in [0.29, 0.717) is 23.5 Å². The van der Waals surface area contributed by atoms with Crippen molar-refractivity contribution in [3.8, 4) is 6.01 Å². The van der Waals surface area contributed by atoms with Crippen LogP contribution in [0, 0.1) is 0 Å². The Hall–Kier alpha value is -2.08. The Bertz CT molecular complexity index is 593. The zero-order chi connectivity index (χ0) is 15.1. The normalized spacial score (nSPS) is 10.2. The molecule has 0 aliphatic carbocycles. The molecule has 0 radical (unpaired) electrons. The quantitative estimate of drug-likeness (QED) is 0.819. The van der Waals surface area contributed by atoms with Crippen LogP contribution in [0.25, 0.3) is 0 Å². The van der Waals surface area contributed by atoms with E-state index in [4.69, 9.17) is 16.3 Å². The number of rotatable bonds is 7. The van der Waals surface area contributed by atoms with Gasteiger partial charge in [0.2, 0.25) is 11.9 Å². The topological polar surface area (TPSA) is 72.0 Å². The molecule has 0 fully saturated rings. The molecule has 21 heavy (non-hydrogen) atoms. The van der Waals surface area contributed by atoms with Crippen molar-refractivity contribution in [2.24, 2.45) is 0 Å². The monoisotopic (exact) mass is 307 g/mol. The summed E-state index contributed by atoms with van der Waals surface area (Å²) in [5, 5.41) is 6.94.